The summed E-state index contributed by atoms with van der Waals surface area (Å²) >= 11 is 5.76. The van der Waals surface area contributed by atoms with Crippen LogP contribution in [0.15, 0.2) is 24.3 Å². The highest BCUT2D eigenvalue weighted by Crippen LogP contribution is 2.20. The zero-order valence-electron chi connectivity index (χ0n) is 10.8. The minimum absolute atomic E-state index is 0.0364. The number of benzene rings is 1. The molecule has 0 bridgehead atoms. The van der Waals surface area contributed by atoms with Gasteiger partial charge in [0.25, 0.3) is 5.91 Å². The van der Waals surface area contributed by atoms with Crippen LogP contribution in [0.3, 0.4) is 0 Å². The molecule has 0 saturated heterocycles. The molecule has 0 heterocycles. The van der Waals surface area contributed by atoms with Crippen molar-refractivity contribution in [2.45, 2.75) is 0 Å². The number of ether oxygens (including phenoxy) is 1. The van der Waals surface area contributed by atoms with Crippen molar-refractivity contribution in [2.75, 3.05) is 13.2 Å². The average molecular weight is 315 g/mol. The molecule has 3 N–H and O–H groups in total. The second-order valence-corrected chi connectivity index (χ2v) is 4.23. The van der Waals surface area contributed by atoms with Gasteiger partial charge in [-0.1, -0.05) is 17.7 Å². The van der Waals surface area contributed by atoms with Crippen molar-refractivity contribution < 1.29 is 23.5 Å². The van der Waals surface area contributed by atoms with Crippen LogP contribution in [-0.4, -0.2) is 30.9 Å². The minimum Gasteiger partial charge on any atom is -0.452 e. The first kappa shape index (κ1) is 16.6. The zero-order chi connectivity index (χ0) is 15.8. The van der Waals surface area contributed by atoms with E-state index in [1.165, 1.54) is 18.2 Å². The smallest absolute Gasteiger partial charge is 0.331 e. The molecular weight excluding hydrogens is 303 g/mol. The van der Waals surface area contributed by atoms with Gasteiger partial charge in [-0.2, -0.15) is 0 Å². The maximum atomic E-state index is 13.4. The third-order valence-electron chi connectivity index (χ3n) is 2.19. The molecule has 0 fully saturated rings. The Labute approximate surface area is 124 Å². The summed E-state index contributed by atoms with van der Waals surface area (Å²) in [6.07, 6.45) is 2.08. The first-order valence-electron chi connectivity index (χ1n) is 5.74. The highest BCUT2D eigenvalue weighted by molar-refractivity contribution is 6.32. The molecule has 112 valence electrons. The quantitative estimate of drug-likeness (QED) is 0.594. The Morgan fingerprint density at radius 1 is 1.38 bits per heavy atom. The number of amides is 2. The van der Waals surface area contributed by atoms with Crippen LogP contribution >= 0.6 is 11.6 Å². The van der Waals surface area contributed by atoms with Crippen LogP contribution < -0.4 is 11.1 Å². The predicted octanol–water partition coefficient (Wildman–Crippen LogP) is 0.637. The molecule has 1 aromatic rings. The first-order chi connectivity index (χ1) is 9.90. The van der Waals surface area contributed by atoms with Crippen molar-refractivity contribution >= 4 is 35.5 Å². The van der Waals surface area contributed by atoms with E-state index in [4.69, 9.17) is 17.3 Å². The predicted molar refractivity (Wildman–Crippen MR) is 73.6 cm³/mol. The molecule has 2 amide bonds. The average Bonchev–Trinajstić information content (AvgIpc) is 2.42. The van der Waals surface area contributed by atoms with E-state index >= 15 is 0 Å². The molecule has 0 aliphatic heterocycles. The summed E-state index contributed by atoms with van der Waals surface area (Å²) in [7, 11) is 0. The van der Waals surface area contributed by atoms with Crippen LogP contribution in [0.2, 0.25) is 5.02 Å². The van der Waals surface area contributed by atoms with Crippen LogP contribution in [0.4, 0.5) is 4.39 Å². The number of hydrogen-bond donors (Lipinski definition) is 2. The Kier molecular flexibility index (Phi) is 6.35. The van der Waals surface area contributed by atoms with Gasteiger partial charge >= 0.3 is 5.97 Å². The van der Waals surface area contributed by atoms with Gasteiger partial charge in [0.05, 0.1) is 11.6 Å². The molecule has 0 saturated carbocycles. The molecule has 0 unspecified atom stereocenters. The van der Waals surface area contributed by atoms with Crippen LogP contribution in [0.25, 0.3) is 6.08 Å². The van der Waals surface area contributed by atoms with Crippen molar-refractivity contribution in [3.63, 3.8) is 0 Å². The summed E-state index contributed by atoms with van der Waals surface area (Å²) in [5.74, 6) is -2.85. The highest BCUT2D eigenvalue weighted by Gasteiger charge is 2.07. The lowest BCUT2D eigenvalue weighted by atomic mass is 10.2. The summed E-state index contributed by atoms with van der Waals surface area (Å²) in [5.41, 5.74) is 4.85. The fourth-order valence-electron chi connectivity index (χ4n) is 1.24. The third-order valence-corrected chi connectivity index (χ3v) is 2.52. The van der Waals surface area contributed by atoms with E-state index in [1.54, 1.807) is 0 Å². The molecule has 1 rings (SSSR count). The highest BCUT2D eigenvalue weighted by atomic mass is 35.5. The normalized spacial score (nSPS) is 10.4. The van der Waals surface area contributed by atoms with Gasteiger partial charge < -0.3 is 15.8 Å². The summed E-state index contributed by atoms with van der Waals surface area (Å²) < 4.78 is 18.0. The first-order valence-corrected chi connectivity index (χ1v) is 6.12. The van der Waals surface area contributed by atoms with Gasteiger partial charge in [0.15, 0.2) is 6.61 Å². The van der Waals surface area contributed by atoms with Crippen LogP contribution in [-0.2, 0) is 19.1 Å². The molecule has 0 spiro atoms. The van der Waals surface area contributed by atoms with Gasteiger partial charge in [-0.15, -0.1) is 0 Å². The maximum Gasteiger partial charge on any atom is 0.331 e. The lowest BCUT2D eigenvalue weighted by molar-refractivity contribution is -0.143. The van der Waals surface area contributed by atoms with E-state index in [1.807, 2.05) is 0 Å². The van der Waals surface area contributed by atoms with E-state index in [0.29, 0.717) is 0 Å². The number of carbonyl (C=O) groups excluding carboxylic acids is 3. The lowest BCUT2D eigenvalue weighted by Crippen LogP contribution is -2.35. The van der Waals surface area contributed by atoms with E-state index < -0.39 is 30.2 Å². The van der Waals surface area contributed by atoms with Crippen molar-refractivity contribution in [3.8, 4) is 0 Å². The van der Waals surface area contributed by atoms with Crippen LogP contribution in [0, 0.1) is 5.82 Å². The molecule has 0 atom stereocenters. The number of primary amides is 1. The van der Waals surface area contributed by atoms with Crippen molar-refractivity contribution in [3.05, 3.63) is 40.7 Å². The molecule has 1 aromatic carbocycles. The number of nitrogens with one attached hydrogen (secondary N) is 1. The fourth-order valence-corrected chi connectivity index (χ4v) is 1.47. The third kappa shape index (κ3) is 6.05. The Balaban J connectivity index is 2.49. The number of hydrogen-bond acceptors (Lipinski definition) is 4. The zero-order valence-corrected chi connectivity index (χ0v) is 11.5. The number of halogens is 2. The molecule has 21 heavy (non-hydrogen) atoms. The van der Waals surface area contributed by atoms with Gasteiger partial charge in [-0.05, 0) is 18.2 Å². The summed E-state index contributed by atoms with van der Waals surface area (Å²) in [5, 5.41) is 2.27. The second kappa shape index (κ2) is 8.01. The standard InChI is InChI=1S/C13H12ClFN2O4/c14-9-2-1-3-10(15)8(9)4-5-13(20)21-7-12(19)17-6-11(16)18/h1-5H,6-7H2,(H2,16,18)(H,17,19)/b5-4+. The summed E-state index contributed by atoms with van der Waals surface area (Å²) in [4.78, 5) is 32.9. The van der Waals surface area contributed by atoms with Crippen LogP contribution in [0.5, 0.6) is 0 Å². The van der Waals surface area contributed by atoms with Crippen LogP contribution in [0.1, 0.15) is 5.56 Å². The second-order valence-electron chi connectivity index (χ2n) is 3.82. The monoisotopic (exact) mass is 314 g/mol. The van der Waals surface area contributed by atoms with E-state index in [2.05, 4.69) is 10.1 Å². The van der Waals surface area contributed by atoms with Gasteiger partial charge in [-0.25, -0.2) is 9.18 Å². The maximum absolute atomic E-state index is 13.4. The van der Waals surface area contributed by atoms with E-state index in [-0.39, 0.29) is 17.1 Å². The molecule has 6 nitrogen and oxygen atoms in total. The Hall–Kier alpha value is -2.41. The van der Waals surface area contributed by atoms with E-state index in [9.17, 15) is 18.8 Å². The molecule has 0 aliphatic rings. The number of nitrogens with two attached hydrogens (primary N) is 1. The van der Waals surface area contributed by atoms with Crippen molar-refractivity contribution in [1.29, 1.82) is 0 Å². The molecule has 0 aromatic heterocycles. The number of rotatable bonds is 6. The van der Waals surface area contributed by atoms with Gasteiger partial charge in [-0.3, -0.25) is 9.59 Å². The van der Waals surface area contributed by atoms with Crippen molar-refractivity contribution in [2.24, 2.45) is 5.73 Å². The largest absolute Gasteiger partial charge is 0.452 e. The summed E-state index contributed by atoms with van der Waals surface area (Å²) in [6.45, 7) is -0.932. The summed E-state index contributed by atoms with van der Waals surface area (Å²) in [6, 6.07) is 4.08. The minimum atomic E-state index is -0.858. The molecule has 0 radical (unpaired) electrons. The van der Waals surface area contributed by atoms with Gasteiger partial charge in [0, 0.05) is 11.6 Å². The van der Waals surface area contributed by atoms with E-state index in [0.717, 1.165) is 12.2 Å². The Morgan fingerprint density at radius 2 is 2.10 bits per heavy atom. The molecule has 8 heteroatoms. The number of esters is 1. The molecular formula is C13H12ClFN2O4. The molecule has 0 aliphatic carbocycles. The van der Waals surface area contributed by atoms with Crippen molar-refractivity contribution in [1.82, 2.24) is 5.32 Å². The lowest BCUT2D eigenvalue weighted by Gasteiger charge is -2.03. The van der Waals surface area contributed by atoms with Gasteiger partial charge in [0.1, 0.15) is 5.82 Å². The Bertz CT molecular complexity index is 569. The fraction of sp³-hybridized carbons (Fsp3) is 0.154. The SMILES string of the molecule is NC(=O)CNC(=O)COC(=O)/C=C/c1c(F)cccc1Cl. The Morgan fingerprint density at radius 3 is 2.71 bits per heavy atom. The topological polar surface area (TPSA) is 98.5 Å². The van der Waals surface area contributed by atoms with Gasteiger partial charge in [0.2, 0.25) is 5.91 Å². The number of carbonyl (C=O) groups is 3.